The summed E-state index contributed by atoms with van der Waals surface area (Å²) in [5, 5.41) is 0. The minimum atomic E-state index is -0.0208. The Kier molecular flexibility index (Phi) is 7.49. The number of methoxy groups -OCH3 is 2. The summed E-state index contributed by atoms with van der Waals surface area (Å²) in [6.45, 7) is 14.7. The first-order chi connectivity index (χ1) is 6.08. The summed E-state index contributed by atoms with van der Waals surface area (Å²) in [5.41, 5.74) is 0.203. The van der Waals surface area contributed by atoms with E-state index in [4.69, 9.17) is 9.47 Å². The van der Waals surface area contributed by atoms with Crippen molar-refractivity contribution in [2.75, 3.05) is 14.2 Å². The van der Waals surface area contributed by atoms with E-state index in [1.165, 1.54) is 0 Å². The zero-order chi connectivity index (χ0) is 12.0. The summed E-state index contributed by atoms with van der Waals surface area (Å²) in [6.07, 6.45) is 0.384. The van der Waals surface area contributed by atoms with Crippen molar-refractivity contribution in [2.24, 2.45) is 5.41 Å². The van der Waals surface area contributed by atoms with Crippen molar-refractivity contribution in [1.82, 2.24) is 0 Å². The van der Waals surface area contributed by atoms with Gasteiger partial charge in [-0.3, -0.25) is 0 Å². The second-order valence-electron chi connectivity index (χ2n) is 5.25. The molecule has 0 spiro atoms. The molecule has 0 rings (SSSR count). The van der Waals surface area contributed by atoms with Gasteiger partial charge in [-0.25, -0.2) is 0 Å². The lowest BCUT2D eigenvalue weighted by Crippen LogP contribution is -2.38. The molecular weight excluding hydrogens is 176 g/mol. The van der Waals surface area contributed by atoms with Crippen LogP contribution < -0.4 is 0 Å². The maximum Gasteiger partial charge on any atom is 0.0670 e. The van der Waals surface area contributed by atoms with Crippen LogP contribution in [0.25, 0.3) is 0 Å². The van der Waals surface area contributed by atoms with Crippen LogP contribution in [-0.2, 0) is 9.47 Å². The third kappa shape index (κ3) is 7.34. The maximum atomic E-state index is 5.30. The van der Waals surface area contributed by atoms with Crippen molar-refractivity contribution in [3.63, 3.8) is 0 Å². The molecule has 0 saturated carbocycles. The summed E-state index contributed by atoms with van der Waals surface area (Å²) in [5.74, 6) is 0. The van der Waals surface area contributed by atoms with Gasteiger partial charge in [-0.2, -0.15) is 0 Å². The Morgan fingerprint density at radius 1 is 0.857 bits per heavy atom. The summed E-state index contributed by atoms with van der Waals surface area (Å²) >= 11 is 0. The molecule has 0 aliphatic rings. The van der Waals surface area contributed by atoms with E-state index in [1.54, 1.807) is 14.2 Å². The first-order valence-corrected chi connectivity index (χ1v) is 5.16. The molecule has 0 aromatic carbocycles. The van der Waals surface area contributed by atoms with Crippen LogP contribution in [0.15, 0.2) is 0 Å². The highest BCUT2D eigenvalue weighted by Crippen LogP contribution is 2.31. The highest BCUT2D eigenvalue weighted by atomic mass is 16.5. The van der Waals surface area contributed by atoms with E-state index in [0.717, 1.165) is 0 Å². The molecule has 0 amide bonds. The first kappa shape index (κ1) is 16.4. The fraction of sp³-hybridized carbons (Fsp3) is 1.00. The van der Waals surface area contributed by atoms with Gasteiger partial charge in [0.25, 0.3) is 0 Å². The molecule has 88 valence electrons. The number of ether oxygens (including phenoxy) is 2. The van der Waals surface area contributed by atoms with Crippen LogP contribution in [-0.4, -0.2) is 25.9 Å². The monoisotopic (exact) mass is 204 g/mol. The van der Waals surface area contributed by atoms with Gasteiger partial charge in [0.15, 0.2) is 0 Å². The SMILES string of the molecule is COC(C)(C)C(C)(C)C.COC(C)C. The summed E-state index contributed by atoms with van der Waals surface area (Å²) in [6, 6.07) is 0. The lowest BCUT2D eigenvalue weighted by molar-refractivity contribution is -0.0620. The number of hydrogen-bond donors (Lipinski definition) is 0. The first-order valence-electron chi connectivity index (χ1n) is 5.16. The van der Waals surface area contributed by atoms with Crippen LogP contribution >= 0.6 is 0 Å². The molecule has 0 heterocycles. The van der Waals surface area contributed by atoms with Crippen LogP contribution in [0.4, 0.5) is 0 Å². The standard InChI is InChI=1S/C8H18O.C4H10O/c1-7(2,3)8(4,5)9-6;1-4(2)5-3/h1-6H3;4H,1-3H3. The highest BCUT2D eigenvalue weighted by molar-refractivity contribution is 4.82. The van der Waals surface area contributed by atoms with Crippen LogP contribution in [0.1, 0.15) is 48.5 Å². The second-order valence-corrected chi connectivity index (χ2v) is 5.25. The topological polar surface area (TPSA) is 18.5 Å². The molecule has 2 heteroatoms. The lowest BCUT2D eigenvalue weighted by Gasteiger charge is -2.37. The van der Waals surface area contributed by atoms with Gasteiger partial charge in [-0.15, -0.1) is 0 Å². The van der Waals surface area contributed by atoms with Crippen molar-refractivity contribution in [3.8, 4) is 0 Å². The third-order valence-corrected chi connectivity index (χ3v) is 2.79. The smallest absolute Gasteiger partial charge is 0.0670 e. The van der Waals surface area contributed by atoms with E-state index in [0.29, 0.717) is 6.10 Å². The molecule has 0 aromatic heterocycles. The minimum Gasteiger partial charge on any atom is -0.382 e. The maximum absolute atomic E-state index is 5.30. The molecular formula is C12H28O2. The van der Waals surface area contributed by atoms with Gasteiger partial charge in [-0.1, -0.05) is 20.8 Å². The summed E-state index contributed by atoms with van der Waals surface area (Å²) in [4.78, 5) is 0. The number of hydrogen-bond acceptors (Lipinski definition) is 2. The molecule has 2 nitrogen and oxygen atoms in total. The van der Waals surface area contributed by atoms with Crippen molar-refractivity contribution in [1.29, 1.82) is 0 Å². The van der Waals surface area contributed by atoms with Gasteiger partial charge in [-0.05, 0) is 33.1 Å². The normalized spacial score (nSPS) is 12.4. The molecule has 0 aliphatic heterocycles. The molecule has 0 saturated heterocycles. The zero-order valence-electron chi connectivity index (χ0n) is 11.4. The van der Waals surface area contributed by atoms with Crippen LogP contribution in [0, 0.1) is 5.41 Å². The van der Waals surface area contributed by atoms with Crippen molar-refractivity contribution in [2.45, 2.75) is 60.2 Å². The van der Waals surface area contributed by atoms with Crippen LogP contribution in [0.3, 0.4) is 0 Å². The number of rotatable bonds is 2. The van der Waals surface area contributed by atoms with E-state index in [1.807, 2.05) is 13.8 Å². The molecule has 0 N–H and O–H groups in total. The molecule has 0 fully saturated rings. The Morgan fingerprint density at radius 2 is 1.14 bits per heavy atom. The highest BCUT2D eigenvalue weighted by Gasteiger charge is 2.32. The molecule has 0 aliphatic carbocycles. The van der Waals surface area contributed by atoms with Crippen molar-refractivity contribution < 1.29 is 9.47 Å². The van der Waals surface area contributed by atoms with Gasteiger partial charge in [0.2, 0.25) is 0 Å². The molecule has 0 unspecified atom stereocenters. The molecule has 14 heavy (non-hydrogen) atoms. The van der Waals surface area contributed by atoms with Crippen LogP contribution in [0.5, 0.6) is 0 Å². The van der Waals surface area contributed by atoms with E-state index < -0.39 is 0 Å². The largest absolute Gasteiger partial charge is 0.382 e. The summed E-state index contributed by atoms with van der Waals surface area (Å²) < 4.78 is 10.1. The van der Waals surface area contributed by atoms with Gasteiger partial charge in [0.05, 0.1) is 11.7 Å². The van der Waals surface area contributed by atoms with E-state index in [2.05, 4.69) is 34.6 Å². The third-order valence-electron chi connectivity index (χ3n) is 2.79. The summed E-state index contributed by atoms with van der Waals surface area (Å²) in [7, 11) is 3.45. The predicted octanol–water partition coefficient (Wildman–Crippen LogP) is 3.50. The zero-order valence-corrected chi connectivity index (χ0v) is 11.4. The van der Waals surface area contributed by atoms with Gasteiger partial charge in [0.1, 0.15) is 0 Å². The van der Waals surface area contributed by atoms with Crippen LogP contribution in [0.2, 0.25) is 0 Å². The second kappa shape index (κ2) is 6.41. The average Bonchev–Trinajstić information content (AvgIpc) is 2.03. The van der Waals surface area contributed by atoms with Crippen molar-refractivity contribution in [3.05, 3.63) is 0 Å². The Balaban J connectivity index is 0. The van der Waals surface area contributed by atoms with E-state index >= 15 is 0 Å². The average molecular weight is 204 g/mol. The van der Waals surface area contributed by atoms with Gasteiger partial charge < -0.3 is 9.47 Å². The fourth-order valence-electron chi connectivity index (χ4n) is 0.306. The lowest BCUT2D eigenvalue weighted by atomic mass is 9.79. The van der Waals surface area contributed by atoms with Gasteiger partial charge in [0, 0.05) is 14.2 Å². The predicted molar refractivity (Wildman–Crippen MR) is 62.7 cm³/mol. The molecule has 0 aromatic rings. The molecule has 0 radical (unpaired) electrons. The van der Waals surface area contributed by atoms with E-state index in [-0.39, 0.29) is 11.0 Å². The minimum absolute atomic E-state index is 0.0208. The molecule has 0 atom stereocenters. The Labute approximate surface area is 90.0 Å². The van der Waals surface area contributed by atoms with E-state index in [9.17, 15) is 0 Å². The quantitative estimate of drug-likeness (QED) is 0.685. The Bertz CT molecular complexity index is 132. The van der Waals surface area contributed by atoms with Gasteiger partial charge >= 0.3 is 0 Å². The molecule has 0 bridgehead atoms. The fourth-order valence-corrected chi connectivity index (χ4v) is 0.306. The Hall–Kier alpha value is -0.0800. The van der Waals surface area contributed by atoms with Crippen molar-refractivity contribution >= 4 is 0 Å². The Morgan fingerprint density at radius 3 is 1.14 bits per heavy atom.